The minimum Gasteiger partial charge on any atom is -0.493 e. The summed E-state index contributed by atoms with van der Waals surface area (Å²) in [5.41, 5.74) is 2.62. The van der Waals surface area contributed by atoms with Crippen molar-refractivity contribution < 1.29 is 18.7 Å². The third kappa shape index (κ3) is 3.05. The number of rotatable bonds is 6. The van der Waals surface area contributed by atoms with Gasteiger partial charge >= 0.3 is 6.03 Å². The Morgan fingerprint density at radius 2 is 2.08 bits per heavy atom. The summed E-state index contributed by atoms with van der Waals surface area (Å²) in [5.74, 6) is 1.88. The molecule has 1 saturated heterocycles. The fraction of sp³-hybridized carbons (Fsp3) is 0.474. The normalized spacial score (nSPS) is 18.5. The molecule has 0 radical (unpaired) electrons. The molecule has 7 heteroatoms. The molecule has 2 aromatic rings. The molecule has 0 bridgehead atoms. The summed E-state index contributed by atoms with van der Waals surface area (Å²) < 4.78 is 11.5. The van der Waals surface area contributed by atoms with Gasteiger partial charge in [0.25, 0.3) is 5.91 Å². The van der Waals surface area contributed by atoms with Crippen LogP contribution in [0.3, 0.4) is 0 Å². The van der Waals surface area contributed by atoms with E-state index in [2.05, 4.69) is 5.32 Å². The molecule has 140 valence electrons. The predicted molar refractivity (Wildman–Crippen MR) is 103 cm³/mol. The fourth-order valence-corrected chi connectivity index (χ4v) is 3.93. The average molecular weight is 376 g/mol. The fourth-order valence-electron chi connectivity index (χ4n) is 3.46. The smallest absolute Gasteiger partial charge is 0.325 e. The summed E-state index contributed by atoms with van der Waals surface area (Å²) in [7, 11) is 1.60. The van der Waals surface area contributed by atoms with Gasteiger partial charge in [0, 0.05) is 10.9 Å². The highest BCUT2D eigenvalue weighted by atomic mass is 32.2. The zero-order chi connectivity index (χ0) is 19.0. The number of imide groups is 1. The topological polar surface area (TPSA) is 71.8 Å². The molecule has 2 heterocycles. The number of amides is 3. The molecule has 2 atom stereocenters. The number of hydrogen-bond donors (Lipinski definition) is 1. The van der Waals surface area contributed by atoms with Crippen molar-refractivity contribution in [2.24, 2.45) is 0 Å². The van der Waals surface area contributed by atoms with Crippen LogP contribution in [0.25, 0.3) is 11.0 Å². The molecule has 3 amide bonds. The maximum absolute atomic E-state index is 12.7. The van der Waals surface area contributed by atoms with Gasteiger partial charge < -0.3 is 14.5 Å². The SMILES string of the molecule is COc1cc(C)cc2c(C)c([C@H](C)N3C(=O)N[C@@H](CCSC)C3=O)oc12. The first-order valence-corrected chi connectivity index (χ1v) is 9.98. The van der Waals surface area contributed by atoms with Crippen LogP contribution in [0.4, 0.5) is 4.79 Å². The molecule has 1 aromatic heterocycles. The number of benzene rings is 1. The molecule has 0 saturated carbocycles. The minimum absolute atomic E-state index is 0.195. The number of carbonyl (C=O) groups is 2. The first-order valence-electron chi connectivity index (χ1n) is 8.59. The van der Waals surface area contributed by atoms with Crippen LogP contribution >= 0.6 is 11.8 Å². The summed E-state index contributed by atoms with van der Waals surface area (Å²) in [6.07, 6.45) is 2.61. The van der Waals surface area contributed by atoms with Gasteiger partial charge in [-0.15, -0.1) is 0 Å². The van der Waals surface area contributed by atoms with Gasteiger partial charge in [0.2, 0.25) is 0 Å². The highest BCUT2D eigenvalue weighted by Gasteiger charge is 2.42. The van der Waals surface area contributed by atoms with Crippen molar-refractivity contribution in [1.82, 2.24) is 10.2 Å². The number of carbonyl (C=O) groups excluding carboxylic acids is 2. The van der Waals surface area contributed by atoms with Gasteiger partial charge in [-0.25, -0.2) is 4.79 Å². The van der Waals surface area contributed by atoms with Crippen molar-refractivity contribution in [3.63, 3.8) is 0 Å². The van der Waals surface area contributed by atoms with Crippen LogP contribution in [-0.4, -0.2) is 42.0 Å². The summed E-state index contributed by atoms with van der Waals surface area (Å²) in [6.45, 7) is 5.75. The molecule has 0 unspecified atom stereocenters. The van der Waals surface area contributed by atoms with E-state index in [0.29, 0.717) is 23.5 Å². The van der Waals surface area contributed by atoms with Gasteiger partial charge in [0.15, 0.2) is 11.3 Å². The van der Waals surface area contributed by atoms with Gasteiger partial charge in [-0.05, 0) is 56.9 Å². The predicted octanol–water partition coefficient (Wildman–Crippen LogP) is 3.79. The maximum Gasteiger partial charge on any atom is 0.325 e. The Morgan fingerprint density at radius 3 is 2.73 bits per heavy atom. The Labute approximate surface area is 157 Å². The van der Waals surface area contributed by atoms with E-state index in [9.17, 15) is 9.59 Å². The van der Waals surface area contributed by atoms with Gasteiger partial charge in [-0.3, -0.25) is 9.69 Å². The van der Waals surface area contributed by atoms with Crippen LogP contribution < -0.4 is 10.1 Å². The van der Waals surface area contributed by atoms with Crippen LogP contribution in [0.15, 0.2) is 16.5 Å². The number of aryl methyl sites for hydroxylation is 2. The zero-order valence-corrected chi connectivity index (χ0v) is 16.5. The van der Waals surface area contributed by atoms with Crippen LogP contribution in [0.5, 0.6) is 5.75 Å². The number of nitrogens with one attached hydrogen (secondary N) is 1. The molecule has 1 aliphatic rings. The molecule has 1 aliphatic heterocycles. The largest absolute Gasteiger partial charge is 0.493 e. The van der Waals surface area contributed by atoms with Crippen LogP contribution in [0.2, 0.25) is 0 Å². The van der Waals surface area contributed by atoms with E-state index in [0.717, 1.165) is 22.3 Å². The number of methoxy groups -OCH3 is 1. The molecule has 1 aromatic carbocycles. The number of urea groups is 1. The number of nitrogens with zero attached hydrogens (tertiary/aromatic N) is 1. The van der Waals surface area contributed by atoms with Crippen molar-refractivity contribution in [1.29, 1.82) is 0 Å². The number of hydrogen-bond acceptors (Lipinski definition) is 5. The van der Waals surface area contributed by atoms with Crippen LogP contribution in [0, 0.1) is 13.8 Å². The Balaban J connectivity index is 1.97. The minimum atomic E-state index is -0.487. The van der Waals surface area contributed by atoms with E-state index in [-0.39, 0.29) is 11.9 Å². The van der Waals surface area contributed by atoms with E-state index in [4.69, 9.17) is 9.15 Å². The summed E-state index contributed by atoms with van der Waals surface area (Å²) in [5, 5.41) is 3.72. The molecular weight excluding hydrogens is 352 g/mol. The van der Waals surface area contributed by atoms with E-state index >= 15 is 0 Å². The molecule has 0 spiro atoms. The van der Waals surface area contributed by atoms with Gasteiger partial charge in [-0.2, -0.15) is 11.8 Å². The summed E-state index contributed by atoms with van der Waals surface area (Å²) in [4.78, 5) is 26.4. The Hall–Kier alpha value is -2.15. The van der Waals surface area contributed by atoms with Crippen molar-refractivity contribution in [3.8, 4) is 5.75 Å². The molecular formula is C19H24N2O4S. The number of thioether (sulfide) groups is 1. The van der Waals surface area contributed by atoms with Crippen LogP contribution in [0.1, 0.15) is 36.3 Å². The third-order valence-electron chi connectivity index (χ3n) is 4.83. The Morgan fingerprint density at radius 1 is 1.35 bits per heavy atom. The van der Waals surface area contributed by atoms with Gasteiger partial charge in [0.05, 0.1) is 13.2 Å². The first kappa shape index (κ1) is 18.6. The van der Waals surface area contributed by atoms with Crippen LogP contribution in [-0.2, 0) is 4.79 Å². The third-order valence-corrected chi connectivity index (χ3v) is 5.48. The molecule has 3 rings (SSSR count). The van der Waals surface area contributed by atoms with E-state index < -0.39 is 12.1 Å². The van der Waals surface area contributed by atoms with Crippen molar-refractivity contribution in [2.75, 3.05) is 19.1 Å². The molecule has 1 N–H and O–H groups in total. The Kier molecular flexibility index (Phi) is 5.18. The van der Waals surface area contributed by atoms with E-state index in [1.807, 2.05) is 39.2 Å². The number of furan rings is 1. The lowest BCUT2D eigenvalue weighted by Gasteiger charge is -2.20. The molecule has 6 nitrogen and oxygen atoms in total. The van der Waals surface area contributed by atoms with E-state index in [1.54, 1.807) is 18.9 Å². The van der Waals surface area contributed by atoms with E-state index in [1.165, 1.54) is 4.90 Å². The quantitative estimate of drug-likeness (QED) is 0.777. The monoisotopic (exact) mass is 376 g/mol. The van der Waals surface area contributed by atoms with Gasteiger partial charge in [0.1, 0.15) is 11.8 Å². The first-order chi connectivity index (χ1) is 12.4. The summed E-state index contributed by atoms with van der Waals surface area (Å²) in [6, 6.07) is 2.63. The highest BCUT2D eigenvalue weighted by Crippen LogP contribution is 2.38. The number of ether oxygens (including phenoxy) is 1. The molecule has 26 heavy (non-hydrogen) atoms. The maximum atomic E-state index is 12.7. The van der Waals surface area contributed by atoms with Crippen molar-refractivity contribution in [3.05, 3.63) is 29.0 Å². The average Bonchev–Trinajstić information content (AvgIpc) is 3.08. The summed E-state index contributed by atoms with van der Waals surface area (Å²) >= 11 is 1.65. The van der Waals surface area contributed by atoms with Crippen molar-refractivity contribution >= 4 is 34.7 Å². The standard InChI is InChI=1S/C19H24N2O4S/c1-10-8-13-11(2)16(25-17(13)15(9-10)24-4)12(3)21-18(22)14(6-7-26-5)20-19(21)23/h8-9,12,14H,6-7H2,1-5H3,(H,20,23)/t12-,14-/m0/s1. The lowest BCUT2D eigenvalue weighted by Crippen LogP contribution is -2.34. The second-order valence-electron chi connectivity index (χ2n) is 6.60. The highest BCUT2D eigenvalue weighted by molar-refractivity contribution is 7.98. The lowest BCUT2D eigenvalue weighted by molar-refractivity contribution is -0.129. The second kappa shape index (κ2) is 7.23. The Bertz CT molecular complexity index is 861. The molecule has 0 aliphatic carbocycles. The number of fused-ring (bicyclic) bond motifs is 1. The lowest BCUT2D eigenvalue weighted by atomic mass is 10.1. The van der Waals surface area contributed by atoms with Crippen molar-refractivity contribution in [2.45, 2.75) is 39.3 Å². The second-order valence-corrected chi connectivity index (χ2v) is 7.59. The van der Waals surface area contributed by atoms with Gasteiger partial charge in [-0.1, -0.05) is 0 Å². The molecule has 1 fully saturated rings. The zero-order valence-electron chi connectivity index (χ0n) is 15.7.